The normalized spacial score (nSPS) is 28.3. The number of ether oxygens (including phenoxy) is 2. The van der Waals surface area contributed by atoms with Crippen LogP contribution in [0.4, 0.5) is 0 Å². The number of likely N-dealkylation sites (tertiary alicyclic amines) is 1. The van der Waals surface area contributed by atoms with Crippen molar-refractivity contribution in [2.24, 2.45) is 17.6 Å². The topological polar surface area (TPSA) is 114 Å². The van der Waals surface area contributed by atoms with E-state index < -0.39 is 6.04 Å². The summed E-state index contributed by atoms with van der Waals surface area (Å²) in [7, 11) is 1.47. The van der Waals surface area contributed by atoms with Gasteiger partial charge in [0.1, 0.15) is 12.6 Å². The minimum absolute atomic E-state index is 0.0216. The lowest BCUT2D eigenvalue weighted by Crippen LogP contribution is -2.48. The number of hydrogen-bond acceptors (Lipinski definition) is 7. The van der Waals surface area contributed by atoms with E-state index in [0.717, 1.165) is 38.5 Å². The number of nitrogens with two attached hydrogens (primary N) is 1. The molecule has 5 atom stereocenters. The summed E-state index contributed by atoms with van der Waals surface area (Å²) in [5.74, 6) is 0.471. The average molecular weight is 521 g/mol. The lowest BCUT2D eigenvalue weighted by molar-refractivity contribution is -0.141. The van der Waals surface area contributed by atoms with E-state index in [1.54, 1.807) is 4.90 Å². The smallest absolute Gasteiger partial charge is 0.264 e. The van der Waals surface area contributed by atoms with E-state index in [-0.39, 0.29) is 36.5 Å². The van der Waals surface area contributed by atoms with Crippen LogP contribution < -0.4 is 11.1 Å². The highest BCUT2D eigenvalue weighted by molar-refractivity contribution is 7.12. The maximum Gasteiger partial charge on any atom is 0.264 e. The van der Waals surface area contributed by atoms with E-state index in [9.17, 15) is 14.4 Å². The molecule has 4 rings (SSSR count). The highest BCUT2D eigenvalue weighted by atomic mass is 32.1. The Balaban J connectivity index is 1.47. The van der Waals surface area contributed by atoms with Crippen LogP contribution in [0.5, 0.6) is 0 Å². The number of methoxy groups -OCH3 is 1. The van der Waals surface area contributed by atoms with Gasteiger partial charge >= 0.3 is 0 Å². The van der Waals surface area contributed by atoms with Crippen molar-refractivity contribution in [3.8, 4) is 0 Å². The van der Waals surface area contributed by atoms with Crippen LogP contribution in [0.1, 0.15) is 54.6 Å². The molecule has 3 amide bonds. The van der Waals surface area contributed by atoms with E-state index in [1.165, 1.54) is 18.4 Å². The SMILES string of the molecule is COCC(=O)N1CC(N(CC2CCCO2)C(=O)c2cccs2)CC1C(=O)NCC1CCCC(CN)C1. The highest BCUT2D eigenvalue weighted by Gasteiger charge is 2.44. The lowest BCUT2D eigenvalue weighted by Gasteiger charge is -2.30. The number of nitrogens with one attached hydrogen (secondary N) is 1. The van der Waals surface area contributed by atoms with E-state index in [2.05, 4.69) is 5.32 Å². The third-order valence-corrected chi connectivity index (χ3v) is 8.68. The number of amides is 3. The van der Waals surface area contributed by atoms with E-state index in [1.807, 2.05) is 22.4 Å². The molecular formula is C26H40N4O5S. The van der Waals surface area contributed by atoms with Crippen LogP contribution in [0.2, 0.25) is 0 Å². The second kappa shape index (κ2) is 13.0. The van der Waals surface area contributed by atoms with Gasteiger partial charge in [0.25, 0.3) is 5.91 Å². The Morgan fingerprint density at radius 2 is 2.06 bits per heavy atom. The van der Waals surface area contributed by atoms with Gasteiger partial charge in [-0.05, 0) is 68.4 Å². The Bertz CT molecular complexity index is 876. The van der Waals surface area contributed by atoms with Crippen molar-refractivity contribution in [2.45, 2.75) is 63.1 Å². The maximum atomic E-state index is 13.5. The van der Waals surface area contributed by atoms with E-state index >= 15 is 0 Å². The molecule has 0 spiro atoms. The zero-order chi connectivity index (χ0) is 25.5. The van der Waals surface area contributed by atoms with Crippen molar-refractivity contribution in [3.05, 3.63) is 22.4 Å². The van der Waals surface area contributed by atoms with Crippen molar-refractivity contribution >= 4 is 29.1 Å². The first-order valence-electron chi connectivity index (χ1n) is 13.2. The van der Waals surface area contributed by atoms with Gasteiger partial charge in [-0.25, -0.2) is 0 Å². The second-order valence-corrected chi connectivity index (χ2v) is 11.3. The molecule has 3 aliphatic rings. The van der Waals surface area contributed by atoms with Crippen LogP contribution in [-0.2, 0) is 19.1 Å². The summed E-state index contributed by atoms with van der Waals surface area (Å²) in [6, 6.07) is 2.79. The monoisotopic (exact) mass is 520 g/mol. The fourth-order valence-corrected chi connectivity index (χ4v) is 6.56. The van der Waals surface area contributed by atoms with Gasteiger partial charge in [0, 0.05) is 33.4 Å². The molecule has 9 nitrogen and oxygen atoms in total. The summed E-state index contributed by atoms with van der Waals surface area (Å²) in [5, 5.41) is 5.00. The zero-order valence-electron chi connectivity index (χ0n) is 21.2. The number of carbonyl (C=O) groups excluding carboxylic acids is 3. The first-order valence-corrected chi connectivity index (χ1v) is 14.1. The number of carbonyl (C=O) groups is 3. The molecule has 1 aromatic rings. The van der Waals surface area contributed by atoms with Crippen molar-refractivity contribution in [2.75, 3.05) is 46.5 Å². The molecular weight excluding hydrogens is 480 g/mol. The fraction of sp³-hybridized carbons (Fsp3) is 0.731. The van der Waals surface area contributed by atoms with Crippen LogP contribution in [-0.4, -0.2) is 92.2 Å². The van der Waals surface area contributed by atoms with Crippen molar-refractivity contribution in [3.63, 3.8) is 0 Å². The molecule has 36 heavy (non-hydrogen) atoms. The van der Waals surface area contributed by atoms with Crippen molar-refractivity contribution < 1.29 is 23.9 Å². The van der Waals surface area contributed by atoms with Gasteiger partial charge in [-0.2, -0.15) is 0 Å². The summed E-state index contributed by atoms with van der Waals surface area (Å²) < 4.78 is 10.9. The summed E-state index contributed by atoms with van der Waals surface area (Å²) >= 11 is 1.40. The summed E-state index contributed by atoms with van der Waals surface area (Å²) in [5.41, 5.74) is 5.88. The van der Waals surface area contributed by atoms with Crippen LogP contribution in [0.15, 0.2) is 17.5 Å². The van der Waals surface area contributed by atoms with Gasteiger partial charge < -0.3 is 30.3 Å². The molecule has 3 fully saturated rings. The van der Waals surface area contributed by atoms with Gasteiger partial charge in [0.2, 0.25) is 11.8 Å². The number of thiophene rings is 1. The molecule has 1 aliphatic carbocycles. The molecule has 200 valence electrons. The number of hydrogen-bond donors (Lipinski definition) is 2. The van der Waals surface area contributed by atoms with Crippen LogP contribution in [0.25, 0.3) is 0 Å². The van der Waals surface area contributed by atoms with Gasteiger partial charge in [-0.1, -0.05) is 12.5 Å². The molecule has 2 saturated heterocycles. The third kappa shape index (κ3) is 6.65. The van der Waals surface area contributed by atoms with Crippen LogP contribution >= 0.6 is 11.3 Å². The van der Waals surface area contributed by atoms with Crippen LogP contribution in [0.3, 0.4) is 0 Å². The number of nitrogens with zero attached hydrogens (tertiary/aromatic N) is 2. The lowest BCUT2D eigenvalue weighted by atomic mass is 9.81. The molecule has 3 N–H and O–H groups in total. The molecule has 1 saturated carbocycles. The largest absolute Gasteiger partial charge is 0.376 e. The molecule has 0 aromatic carbocycles. The quantitative estimate of drug-likeness (QED) is 0.487. The molecule has 1 aromatic heterocycles. The predicted molar refractivity (Wildman–Crippen MR) is 138 cm³/mol. The Kier molecular flexibility index (Phi) is 9.75. The first-order chi connectivity index (χ1) is 17.5. The maximum absolute atomic E-state index is 13.5. The zero-order valence-corrected chi connectivity index (χ0v) is 22.0. The molecule has 2 aliphatic heterocycles. The van der Waals surface area contributed by atoms with Crippen molar-refractivity contribution in [1.29, 1.82) is 0 Å². The molecule has 10 heteroatoms. The van der Waals surface area contributed by atoms with Crippen molar-refractivity contribution in [1.82, 2.24) is 15.1 Å². The Hall–Kier alpha value is -2.01. The minimum Gasteiger partial charge on any atom is -0.376 e. The molecule has 5 unspecified atom stereocenters. The summed E-state index contributed by atoms with van der Waals surface area (Å²) in [4.78, 5) is 43.9. The van der Waals surface area contributed by atoms with Gasteiger partial charge in [-0.15, -0.1) is 11.3 Å². The molecule has 3 heterocycles. The number of rotatable bonds is 10. The standard InChI is InChI=1S/C26H40N4O5S/c1-34-17-24(31)30-15-20(12-22(30)25(32)28-14-19-6-2-5-18(11-19)13-27)29(16-21-7-3-9-35-21)26(33)23-8-4-10-36-23/h4,8,10,18-22H,2-3,5-7,9,11-17,27H2,1H3,(H,28,32). The van der Waals surface area contributed by atoms with E-state index in [0.29, 0.717) is 55.9 Å². The summed E-state index contributed by atoms with van der Waals surface area (Å²) in [6.45, 7) is 2.66. The summed E-state index contributed by atoms with van der Waals surface area (Å²) in [6.07, 6.45) is 6.67. The predicted octanol–water partition coefficient (Wildman–Crippen LogP) is 1.87. The average Bonchev–Trinajstić information content (AvgIpc) is 3.67. The minimum atomic E-state index is -0.630. The molecule has 0 radical (unpaired) electrons. The van der Waals surface area contributed by atoms with Crippen LogP contribution in [0, 0.1) is 11.8 Å². The molecule has 0 bridgehead atoms. The van der Waals surface area contributed by atoms with E-state index in [4.69, 9.17) is 15.2 Å². The Morgan fingerprint density at radius 3 is 2.75 bits per heavy atom. The fourth-order valence-electron chi connectivity index (χ4n) is 5.88. The first kappa shape index (κ1) is 27.0. The van der Waals surface area contributed by atoms with Gasteiger partial charge in [0.05, 0.1) is 17.0 Å². The highest BCUT2D eigenvalue weighted by Crippen LogP contribution is 2.29. The van der Waals surface area contributed by atoms with Gasteiger partial charge in [0.15, 0.2) is 0 Å². The third-order valence-electron chi connectivity index (χ3n) is 7.82. The van der Waals surface area contributed by atoms with Gasteiger partial charge in [-0.3, -0.25) is 14.4 Å². The Labute approximate surface area is 217 Å². The Morgan fingerprint density at radius 1 is 1.22 bits per heavy atom. The second-order valence-electron chi connectivity index (χ2n) is 10.3.